The van der Waals surface area contributed by atoms with Gasteiger partial charge in [-0.3, -0.25) is 5.41 Å². The Morgan fingerprint density at radius 1 is 1.30 bits per heavy atom. The van der Waals surface area contributed by atoms with Gasteiger partial charge in [0.15, 0.2) is 11.6 Å². The van der Waals surface area contributed by atoms with Crippen LogP contribution in [-0.2, 0) is 4.74 Å². The lowest BCUT2D eigenvalue weighted by molar-refractivity contribution is 0.196. The molecule has 1 atom stereocenters. The molecule has 0 fully saturated rings. The molecule has 1 aliphatic heterocycles. The number of rotatable bonds is 7. The zero-order valence-electron chi connectivity index (χ0n) is 12.6. The van der Waals surface area contributed by atoms with Crippen LogP contribution in [0.5, 0.6) is 11.5 Å². The van der Waals surface area contributed by atoms with Crippen LogP contribution in [0, 0.1) is 11.2 Å². The summed E-state index contributed by atoms with van der Waals surface area (Å²) in [4.78, 5) is 4.01. The van der Waals surface area contributed by atoms with E-state index in [0.29, 0.717) is 10.9 Å². The van der Waals surface area contributed by atoms with Gasteiger partial charge in [-0.1, -0.05) is 10.5 Å². The van der Waals surface area contributed by atoms with Crippen LogP contribution in [0.15, 0.2) is 17.1 Å². The highest BCUT2D eigenvalue weighted by Gasteiger charge is 2.28. The molecule has 126 valence electrons. The fourth-order valence-corrected chi connectivity index (χ4v) is 3.14. The lowest BCUT2D eigenvalue weighted by Gasteiger charge is -2.22. The zero-order chi connectivity index (χ0) is 17.0. The highest BCUT2D eigenvalue weighted by molar-refractivity contribution is 8.31. The first-order chi connectivity index (χ1) is 11.1. The van der Waals surface area contributed by atoms with Gasteiger partial charge in [0.25, 0.3) is 0 Å². The Labute approximate surface area is 134 Å². The third kappa shape index (κ3) is 3.42. The first kappa shape index (κ1) is 17.5. The van der Waals surface area contributed by atoms with Crippen molar-refractivity contribution in [2.45, 2.75) is 0 Å². The smallest absolute Gasteiger partial charge is 0.202 e. The molecule has 7 nitrogen and oxygen atoms in total. The van der Waals surface area contributed by atoms with Crippen molar-refractivity contribution in [2.75, 3.05) is 33.4 Å². The third-order valence-corrected chi connectivity index (χ3v) is 4.72. The second-order valence-corrected chi connectivity index (χ2v) is 6.12. The van der Waals surface area contributed by atoms with Crippen LogP contribution in [-0.4, -0.2) is 59.5 Å². The average Bonchev–Trinajstić information content (AvgIpc) is 2.53. The number of nitrogens with one attached hydrogen (secondary N) is 1. The number of aliphatic hydroxyl groups excluding tert-OH is 2. The summed E-state index contributed by atoms with van der Waals surface area (Å²) in [5, 5.41) is 26.9. The van der Waals surface area contributed by atoms with E-state index in [4.69, 9.17) is 24.7 Å². The van der Waals surface area contributed by atoms with E-state index in [0.717, 1.165) is 0 Å². The molecule has 0 saturated carbocycles. The Morgan fingerprint density at radius 2 is 2.04 bits per heavy atom. The lowest BCUT2D eigenvalue weighted by Crippen LogP contribution is -2.26. The summed E-state index contributed by atoms with van der Waals surface area (Å²) in [5.41, 5.74) is -0.231. The number of hydrogen-bond acceptors (Lipinski definition) is 7. The van der Waals surface area contributed by atoms with Crippen LogP contribution >= 0.6 is 10.5 Å². The second-order valence-electron chi connectivity index (χ2n) is 4.34. The van der Waals surface area contributed by atoms with Gasteiger partial charge in [-0.05, 0) is 6.07 Å². The molecular weight excluding hydrogens is 327 g/mol. The molecule has 0 bridgehead atoms. The molecule has 23 heavy (non-hydrogen) atoms. The maximum Gasteiger partial charge on any atom is 0.202 e. The topological polar surface area (TPSA) is 104 Å². The van der Waals surface area contributed by atoms with Gasteiger partial charge in [0, 0.05) is 18.7 Å². The highest BCUT2D eigenvalue weighted by Crippen LogP contribution is 2.33. The first-order valence-electron chi connectivity index (χ1n) is 6.59. The van der Waals surface area contributed by atoms with Crippen molar-refractivity contribution in [3.05, 3.63) is 23.5 Å². The van der Waals surface area contributed by atoms with Crippen LogP contribution in [0.4, 0.5) is 4.39 Å². The van der Waals surface area contributed by atoms with Gasteiger partial charge in [0.1, 0.15) is 17.4 Å². The van der Waals surface area contributed by atoms with Crippen molar-refractivity contribution in [3.63, 3.8) is 0 Å². The summed E-state index contributed by atoms with van der Waals surface area (Å²) in [6.07, 6.45) is 0. The Morgan fingerprint density at radius 3 is 2.61 bits per heavy atom. The van der Waals surface area contributed by atoms with Gasteiger partial charge in [0.05, 0.1) is 25.4 Å². The van der Waals surface area contributed by atoms with Gasteiger partial charge >= 0.3 is 0 Å². The molecule has 0 amide bonds. The molecular formula is C14H17FN2O5S. The molecule has 0 radical (unpaired) electrons. The van der Waals surface area contributed by atoms with Gasteiger partial charge in [-0.25, -0.2) is 9.38 Å². The number of hydrogen-bond donors (Lipinski definition) is 3. The summed E-state index contributed by atoms with van der Waals surface area (Å²) in [6, 6.07) is 2.69. The van der Waals surface area contributed by atoms with Crippen molar-refractivity contribution < 1.29 is 28.8 Å². The molecule has 0 saturated heterocycles. The maximum atomic E-state index is 14.5. The van der Waals surface area contributed by atoms with Crippen molar-refractivity contribution in [1.29, 1.82) is 5.41 Å². The lowest BCUT2D eigenvalue weighted by atomic mass is 10.1. The zero-order valence-corrected chi connectivity index (χ0v) is 13.4. The SMILES string of the molecule is COC1=S(CO)C(C(=N)c2cc(OC)cc(OCCO)c2F)=N1. The number of methoxy groups -OCH3 is 2. The van der Waals surface area contributed by atoms with E-state index >= 15 is 0 Å². The van der Waals surface area contributed by atoms with Crippen LogP contribution < -0.4 is 9.47 Å². The summed E-state index contributed by atoms with van der Waals surface area (Å²) in [6.45, 7) is -0.351. The van der Waals surface area contributed by atoms with Crippen LogP contribution in [0.25, 0.3) is 0 Å². The maximum absolute atomic E-state index is 14.5. The second kappa shape index (κ2) is 7.64. The molecule has 3 N–H and O–H groups in total. The fraction of sp³-hybridized carbons (Fsp3) is 0.357. The van der Waals surface area contributed by atoms with Gasteiger partial charge in [-0.15, -0.1) is 0 Å². The van der Waals surface area contributed by atoms with Gasteiger partial charge in [-0.2, -0.15) is 0 Å². The quantitative estimate of drug-likeness (QED) is 0.504. The standard InChI is InChI=1S/C14H17FN2O5S/c1-20-8-5-9(11(15)10(6-8)22-4-3-18)12(16)13-17-14(21-2)23(13)7-19/h5-6,16,18-19H,3-4,7H2,1-2H3. The monoisotopic (exact) mass is 344 g/mol. The fourth-order valence-electron chi connectivity index (χ4n) is 1.93. The molecule has 1 aliphatic rings. The summed E-state index contributed by atoms with van der Waals surface area (Å²) in [7, 11) is 1.98. The Balaban J connectivity index is 2.37. The van der Waals surface area contributed by atoms with Gasteiger partial charge in [0.2, 0.25) is 5.17 Å². The van der Waals surface area contributed by atoms with Crippen LogP contribution in [0.1, 0.15) is 5.56 Å². The van der Waals surface area contributed by atoms with Crippen molar-refractivity contribution >= 4 is 26.4 Å². The molecule has 1 unspecified atom stereocenters. The molecule has 9 heteroatoms. The predicted molar refractivity (Wildman–Crippen MR) is 86.5 cm³/mol. The Kier molecular flexibility index (Phi) is 5.83. The van der Waals surface area contributed by atoms with E-state index in [-0.39, 0.29) is 41.2 Å². The third-order valence-electron chi connectivity index (χ3n) is 3.02. The van der Waals surface area contributed by atoms with Crippen molar-refractivity contribution in [2.24, 2.45) is 4.99 Å². The first-order valence-corrected chi connectivity index (χ1v) is 7.98. The minimum Gasteiger partial charge on any atom is -0.497 e. The number of aliphatic imine (C=N–C) groups is 1. The van der Waals surface area contributed by atoms with Crippen LogP contribution in [0.3, 0.4) is 0 Å². The summed E-state index contributed by atoms with van der Waals surface area (Å²) >= 11 is 0. The van der Waals surface area contributed by atoms with Crippen LogP contribution in [0.2, 0.25) is 0 Å². The van der Waals surface area contributed by atoms with Crippen molar-refractivity contribution in [1.82, 2.24) is 0 Å². The molecule has 0 spiro atoms. The predicted octanol–water partition coefficient (Wildman–Crippen LogP) is 0.938. The average molecular weight is 344 g/mol. The number of aliphatic hydroxyl groups is 2. The minimum absolute atomic E-state index is 0.0582. The molecule has 1 aromatic carbocycles. The van der Waals surface area contributed by atoms with Gasteiger partial charge < -0.3 is 24.4 Å². The van der Waals surface area contributed by atoms with Crippen molar-refractivity contribution in [3.8, 4) is 11.5 Å². The Bertz CT molecular complexity index is 690. The molecule has 0 aromatic heterocycles. The molecule has 1 aromatic rings. The molecule has 0 aliphatic carbocycles. The Hall–Kier alpha value is -1.81. The number of nitrogens with zero attached hydrogens (tertiary/aromatic N) is 1. The summed E-state index contributed by atoms with van der Waals surface area (Å²) in [5.74, 6) is -0.833. The number of benzene rings is 1. The normalized spacial score (nSPS) is 16.7. The minimum atomic E-state index is -0.851. The number of ether oxygens (including phenoxy) is 3. The number of halogens is 1. The van der Waals surface area contributed by atoms with E-state index in [1.807, 2.05) is 0 Å². The molecule has 2 rings (SSSR count). The highest BCUT2D eigenvalue weighted by atomic mass is 32.2. The summed E-state index contributed by atoms with van der Waals surface area (Å²) < 4.78 is 29.7. The van der Waals surface area contributed by atoms with E-state index in [2.05, 4.69) is 4.99 Å². The molecule has 1 heterocycles. The van der Waals surface area contributed by atoms with E-state index in [1.54, 1.807) is 0 Å². The van der Waals surface area contributed by atoms with E-state index < -0.39 is 16.3 Å². The van der Waals surface area contributed by atoms with E-state index in [9.17, 15) is 9.50 Å². The van der Waals surface area contributed by atoms with E-state index in [1.165, 1.54) is 26.4 Å². The largest absolute Gasteiger partial charge is 0.497 e.